The molecule has 0 atom stereocenters. The highest BCUT2D eigenvalue weighted by atomic mass is 19.2. The van der Waals surface area contributed by atoms with Crippen molar-refractivity contribution in [3.63, 3.8) is 0 Å². The second-order valence-corrected chi connectivity index (χ2v) is 7.84. The Balaban J connectivity index is 1.46. The van der Waals surface area contributed by atoms with E-state index in [1.54, 1.807) is 13.2 Å². The van der Waals surface area contributed by atoms with E-state index in [4.69, 9.17) is 4.74 Å². The standard InChI is InChI=1S/C22H30F2O/c1-25-14-2-3-16-4-6-17(7-5-16)18-8-10-19(11-9-18)20-12-13-21(23)22(24)15-20/h2-3,12-13,15-19H,4-11,14H2,1H3/b3-2+/t16-,17-,18?,19?. The molecule has 0 unspecified atom stereocenters. The Hall–Kier alpha value is -1.22. The Morgan fingerprint density at radius 2 is 1.56 bits per heavy atom. The third-order valence-electron chi connectivity index (χ3n) is 6.34. The second kappa shape index (κ2) is 8.93. The second-order valence-electron chi connectivity index (χ2n) is 7.84. The summed E-state index contributed by atoms with van der Waals surface area (Å²) in [5.74, 6) is 1.36. The van der Waals surface area contributed by atoms with Gasteiger partial charge in [0.1, 0.15) is 0 Å². The summed E-state index contributed by atoms with van der Waals surface area (Å²) in [4.78, 5) is 0. The molecule has 1 nitrogen and oxygen atoms in total. The minimum atomic E-state index is -0.742. The molecule has 3 rings (SSSR count). The van der Waals surface area contributed by atoms with Gasteiger partial charge in [0.15, 0.2) is 11.6 Å². The molecule has 2 aliphatic rings. The normalized spacial score (nSPS) is 30.7. The maximum Gasteiger partial charge on any atom is 0.159 e. The molecule has 3 heteroatoms. The molecule has 2 aliphatic carbocycles. The van der Waals surface area contributed by atoms with Crippen LogP contribution in [0.1, 0.15) is 62.8 Å². The molecule has 0 spiro atoms. The quantitative estimate of drug-likeness (QED) is 0.572. The van der Waals surface area contributed by atoms with Crippen molar-refractivity contribution in [2.24, 2.45) is 17.8 Å². The molecule has 0 radical (unpaired) electrons. The van der Waals surface area contributed by atoms with E-state index in [0.717, 1.165) is 36.2 Å². The van der Waals surface area contributed by atoms with Crippen molar-refractivity contribution < 1.29 is 13.5 Å². The van der Waals surface area contributed by atoms with Gasteiger partial charge >= 0.3 is 0 Å². The molecule has 1 aromatic carbocycles. The number of halogens is 2. The smallest absolute Gasteiger partial charge is 0.159 e. The van der Waals surface area contributed by atoms with Crippen molar-refractivity contribution in [2.45, 2.75) is 57.3 Å². The van der Waals surface area contributed by atoms with Gasteiger partial charge in [-0.05, 0) is 92.7 Å². The van der Waals surface area contributed by atoms with Gasteiger partial charge in [-0.25, -0.2) is 8.78 Å². The van der Waals surface area contributed by atoms with Gasteiger partial charge in [-0.2, -0.15) is 0 Å². The Morgan fingerprint density at radius 3 is 2.16 bits per heavy atom. The molecule has 25 heavy (non-hydrogen) atoms. The first-order valence-electron chi connectivity index (χ1n) is 9.78. The topological polar surface area (TPSA) is 9.23 Å². The predicted octanol–water partition coefficient (Wildman–Crippen LogP) is 6.25. The number of methoxy groups -OCH3 is 1. The first-order valence-corrected chi connectivity index (χ1v) is 9.78. The number of benzene rings is 1. The molecule has 2 saturated carbocycles. The van der Waals surface area contributed by atoms with Gasteiger partial charge in [0, 0.05) is 7.11 Å². The van der Waals surface area contributed by atoms with E-state index in [1.165, 1.54) is 50.7 Å². The summed E-state index contributed by atoms with van der Waals surface area (Å²) >= 11 is 0. The van der Waals surface area contributed by atoms with E-state index >= 15 is 0 Å². The van der Waals surface area contributed by atoms with Crippen LogP contribution in [0.2, 0.25) is 0 Å². The summed E-state index contributed by atoms with van der Waals surface area (Å²) in [7, 11) is 1.73. The molecule has 0 heterocycles. The largest absolute Gasteiger partial charge is 0.381 e. The van der Waals surface area contributed by atoms with E-state index in [0.29, 0.717) is 12.5 Å². The number of hydrogen-bond donors (Lipinski definition) is 0. The van der Waals surface area contributed by atoms with Crippen molar-refractivity contribution in [1.29, 1.82) is 0 Å². The van der Waals surface area contributed by atoms with Gasteiger partial charge in [0.25, 0.3) is 0 Å². The Morgan fingerprint density at radius 1 is 0.920 bits per heavy atom. The van der Waals surface area contributed by atoms with Crippen LogP contribution in [-0.2, 0) is 4.74 Å². The van der Waals surface area contributed by atoms with Gasteiger partial charge in [-0.15, -0.1) is 0 Å². The van der Waals surface area contributed by atoms with Crippen LogP contribution in [0.5, 0.6) is 0 Å². The van der Waals surface area contributed by atoms with Crippen molar-refractivity contribution in [3.8, 4) is 0 Å². The van der Waals surface area contributed by atoms with Crippen LogP contribution in [-0.4, -0.2) is 13.7 Å². The third-order valence-corrected chi connectivity index (χ3v) is 6.34. The van der Waals surface area contributed by atoms with E-state index < -0.39 is 11.6 Å². The highest BCUT2D eigenvalue weighted by Gasteiger charge is 2.30. The highest BCUT2D eigenvalue weighted by molar-refractivity contribution is 5.22. The van der Waals surface area contributed by atoms with Gasteiger partial charge in [-0.3, -0.25) is 0 Å². The zero-order valence-corrected chi connectivity index (χ0v) is 15.2. The zero-order chi connectivity index (χ0) is 17.6. The van der Waals surface area contributed by atoms with Gasteiger partial charge in [0.2, 0.25) is 0 Å². The van der Waals surface area contributed by atoms with Crippen LogP contribution >= 0.6 is 0 Å². The molecule has 0 amide bonds. The Kier molecular flexibility index (Phi) is 6.63. The SMILES string of the molecule is COC/C=C/[C@H]1CC[C@H](C2CCC(c3ccc(F)c(F)c3)CC2)CC1. The van der Waals surface area contributed by atoms with E-state index in [1.807, 2.05) is 0 Å². The number of ether oxygens (including phenoxy) is 1. The molecule has 0 bridgehead atoms. The first kappa shape index (κ1) is 18.6. The molecule has 0 saturated heterocycles. The number of allylic oxidation sites excluding steroid dienone is 1. The Bertz CT molecular complexity index is 567. The predicted molar refractivity (Wildman–Crippen MR) is 97.5 cm³/mol. The fourth-order valence-electron chi connectivity index (χ4n) is 4.84. The average Bonchev–Trinajstić information content (AvgIpc) is 2.65. The van der Waals surface area contributed by atoms with Crippen LogP contribution in [0, 0.1) is 29.4 Å². The monoisotopic (exact) mass is 348 g/mol. The van der Waals surface area contributed by atoms with E-state index in [-0.39, 0.29) is 0 Å². The molecule has 1 aromatic rings. The minimum Gasteiger partial charge on any atom is -0.381 e. The van der Waals surface area contributed by atoms with Crippen LogP contribution in [0.25, 0.3) is 0 Å². The molecular weight excluding hydrogens is 318 g/mol. The van der Waals surface area contributed by atoms with Crippen molar-refractivity contribution in [1.82, 2.24) is 0 Å². The van der Waals surface area contributed by atoms with Crippen molar-refractivity contribution in [3.05, 3.63) is 47.5 Å². The lowest BCUT2D eigenvalue weighted by atomic mass is 9.68. The molecule has 0 aromatic heterocycles. The zero-order valence-electron chi connectivity index (χ0n) is 15.2. The summed E-state index contributed by atoms with van der Waals surface area (Å²) < 4.78 is 31.7. The fourth-order valence-corrected chi connectivity index (χ4v) is 4.84. The lowest BCUT2D eigenvalue weighted by molar-refractivity contribution is 0.171. The minimum absolute atomic E-state index is 0.402. The van der Waals surface area contributed by atoms with Crippen LogP contribution in [0.3, 0.4) is 0 Å². The van der Waals surface area contributed by atoms with Crippen molar-refractivity contribution in [2.75, 3.05) is 13.7 Å². The summed E-state index contributed by atoms with van der Waals surface area (Å²) in [6.07, 6.45) is 14.5. The third kappa shape index (κ3) is 4.91. The van der Waals surface area contributed by atoms with Crippen molar-refractivity contribution >= 4 is 0 Å². The average molecular weight is 348 g/mol. The number of hydrogen-bond acceptors (Lipinski definition) is 1. The van der Waals surface area contributed by atoms with Crippen LogP contribution in [0.4, 0.5) is 8.78 Å². The first-order chi connectivity index (χ1) is 12.2. The van der Waals surface area contributed by atoms with Gasteiger partial charge < -0.3 is 4.74 Å². The molecule has 0 N–H and O–H groups in total. The van der Waals surface area contributed by atoms with Gasteiger partial charge in [0.05, 0.1) is 6.61 Å². The van der Waals surface area contributed by atoms with Crippen LogP contribution in [0.15, 0.2) is 30.4 Å². The summed E-state index contributed by atoms with van der Waals surface area (Å²) in [5.41, 5.74) is 0.976. The molecule has 138 valence electrons. The van der Waals surface area contributed by atoms with Gasteiger partial charge in [-0.1, -0.05) is 18.2 Å². The highest BCUT2D eigenvalue weighted by Crippen LogP contribution is 2.44. The lowest BCUT2D eigenvalue weighted by Gasteiger charge is -2.37. The summed E-state index contributed by atoms with van der Waals surface area (Å²) in [6.45, 7) is 0.716. The maximum absolute atomic E-state index is 13.5. The summed E-state index contributed by atoms with van der Waals surface area (Å²) in [5, 5.41) is 0. The molecule has 2 fully saturated rings. The van der Waals surface area contributed by atoms with E-state index in [9.17, 15) is 8.78 Å². The van der Waals surface area contributed by atoms with Crippen LogP contribution < -0.4 is 0 Å². The molecule has 0 aliphatic heterocycles. The van der Waals surface area contributed by atoms with E-state index in [2.05, 4.69) is 12.2 Å². The molecular formula is C22H30F2O. The fraction of sp³-hybridized carbons (Fsp3) is 0.636. The Labute approximate surface area is 150 Å². The maximum atomic E-state index is 13.5. The number of rotatable bonds is 5. The summed E-state index contributed by atoms with van der Waals surface area (Å²) in [6, 6.07) is 4.44. The lowest BCUT2D eigenvalue weighted by Crippen LogP contribution is -2.25.